The van der Waals surface area contributed by atoms with Gasteiger partial charge in [0, 0.05) is 12.7 Å². The largest absolute Gasteiger partial charge is 0.467 e. The zero-order valence-electron chi connectivity index (χ0n) is 14.4. The predicted octanol–water partition coefficient (Wildman–Crippen LogP) is 1.59. The third-order valence-electron chi connectivity index (χ3n) is 3.74. The minimum absolute atomic E-state index is 0.0953. The fourth-order valence-electron chi connectivity index (χ4n) is 2.10. The highest BCUT2D eigenvalue weighted by Gasteiger charge is 2.27. The van der Waals surface area contributed by atoms with Crippen molar-refractivity contribution in [1.82, 2.24) is 5.32 Å². The van der Waals surface area contributed by atoms with Crippen molar-refractivity contribution >= 4 is 23.5 Å². The molecule has 7 heteroatoms. The van der Waals surface area contributed by atoms with Gasteiger partial charge in [-0.1, -0.05) is 32.4 Å². The number of nitrogens with one attached hydrogen (secondary N) is 2. The Hall–Kier alpha value is -2.57. The Kier molecular flexibility index (Phi) is 7.74. The first kappa shape index (κ1) is 19.5. The van der Waals surface area contributed by atoms with E-state index in [4.69, 9.17) is 9.47 Å². The van der Waals surface area contributed by atoms with Crippen LogP contribution < -0.4 is 10.6 Å². The van der Waals surface area contributed by atoms with E-state index in [1.165, 1.54) is 7.11 Å². The number of amides is 1. The molecule has 0 unspecified atom stereocenters. The number of hydrogen-bond donors (Lipinski definition) is 2. The number of methoxy groups -OCH3 is 1. The molecule has 0 aromatic heterocycles. The Morgan fingerprint density at radius 3 is 2.46 bits per heavy atom. The summed E-state index contributed by atoms with van der Waals surface area (Å²) < 4.78 is 9.71. The van der Waals surface area contributed by atoms with Gasteiger partial charge in [-0.3, -0.25) is 4.79 Å². The highest BCUT2D eigenvalue weighted by Crippen LogP contribution is 2.15. The molecule has 2 N–H and O–H groups in total. The summed E-state index contributed by atoms with van der Waals surface area (Å²) in [7, 11) is 2.95. The van der Waals surface area contributed by atoms with Crippen LogP contribution in [0.5, 0.6) is 0 Å². The predicted molar refractivity (Wildman–Crippen MR) is 89.7 cm³/mol. The lowest BCUT2D eigenvalue weighted by Gasteiger charge is -2.21. The SMILES string of the molecule is CC[C@@H](C)[C@@H](NC(=O)COC(=O)c1ccccc1NC)C(=O)OC. The van der Waals surface area contributed by atoms with Gasteiger partial charge >= 0.3 is 11.9 Å². The molecule has 0 saturated carbocycles. The summed E-state index contributed by atoms with van der Waals surface area (Å²) in [5.74, 6) is -1.79. The van der Waals surface area contributed by atoms with Crippen LogP contribution in [0.2, 0.25) is 0 Å². The van der Waals surface area contributed by atoms with Gasteiger partial charge in [0.1, 0.15) is 6.04 Å². The van der Waals surface area contributed by atoms with Crippen molar-refractivity contribution in [3.63, 3.8) is 0 Å². The summed E-state index contributed by atoms with van der Waals surface area (Å²) in [4.78, 5) is 35.8. The normalized spacial score (nSPS) is 12.7. The molecule has 0 aliphatic carbocycles. The summed E-state index contributed by atoms with van der Waals surface area (Å²) in [6.45, 7) is 3.26. The fraction of sp³-hybridized carbons (Fsp3) is 0.471. The van der Waals surface area contributed by atoms with Crippen LogP contribution in [0.4, 0.5) is 5.69 Å². The number of anilines is 1. The summed E-state index contributed by atoms with van der Waals surface area (Å²) in [5, 5.41) is 5.43. The van der Waals surface area contributed by atoms with Gasteiger partial charge in [-0.2, -0.15) is 0 Å². The number of esters is 2. The molecule has 1 amide bonds. The van der Waals surface area contributed by atoms with Crippen LogP contribution in [0.3, 0.4) is 0 Å². The number of para-hydroxylation sites is 1. The van der Waals surface area contributed by atoms with E-state index in [2.05, 4.69) is 10.6 Å². The maximum atomic E-state index is 12.1. The summed E-state index contributed by atoms with van der Waals surface area (Å²) in [6.07, 6.45) is 0.690. The number of hydrogen-bond acceptors (Lipinski definition) is 6. The molecule has 0 saturated heterocycles. The molecular weight excluding hydrogens is 312 g/mol. The number of ether oxygens (including phenoxy) is 2. The Morgan fingerprint density at radius 1 is 1.21 bits per heavy atom. The van der Waals surface area contributed by atoms with Crippen molar-refractivity contribution in [3.05, 3.63) is 29.8 Å². The lowest BCUT2D eigenvalue weighted by atomic mass is 9.99. The van der Waals surface area contributed by atoms with Gasteiger partial charge in [0.15, 0.2) is 6.61 Å². The van der Waals surface area contributed by atoms with Gasteiger partial charge in [-0.05, 0) is 18.1 Å². The molecular formula is C17H24N2O5. The van der Waals surface area contributed by atoms with Crippen molar-refractivity contribution < 1.29 is 23.9 Å². The van der Waals surface area contributed by atoms with Crippen molar-refractivity contribution in [1.29, 1.82) is 0 Å². The average molecular weight is 336 g/mol. The van der Waals surface area contributed by atoms with Crippen LogP contribution in [-0.4, -0.2) is 44.7 Å². The second-order valence-corrected chi connectivity index (χ2v) is 5.33. The molecule has 7 nitrogen and oxygen atoms in total. The highest BCUT2D eigenvalue weighted by atomic mass is 16.5. The quantitative estimate of drug-likeness (QED) is 0.700. The van der Waals surface area contributed by atoms with Crippen LogP contribution in [0.25, 0.3) is 0 Å². The Bertz CT molecular complexity index is 588. The first-order valence-corrected chi connectivity index (χ1v) is 7.75. The number of rotatable bonds is 8. The van der Waals surface area contributed by atoms with Gasteiger partial charge in [0.05, 0.1) is 12.7 Å². The van der Waals surface area contributed by atoms with Crippen LogP contribution in [-0.2, 0) is 19.1 Å². The van der Waals surface area contributed by atoms with E-state index in [9.17, 15) is 14.4 Å². The Morgan fingerprint density at radius 2 is 1.88 bits per heavy atom. The molecule has 2 atom stereocenters. The number of carbonyl (C=O) groups is 3. The number of carbonyl (C=O) groups excluding carboxylic acids is 3. The van der Waals surface area contributed by atoms with E-state index in [0.29, 0.717) is 17.7 Å². The van der Waals surface area contributed by atoms with E-state index >= 15 is 0 Å². The maximum Gasteiger partial charge on any atom is 0.340 e. The Labute approximate surface area is 141 Å². The van der Waals surface area contributed by atoms with E-state index in [-0.39, 0.29) is 5.92 Å². The van der Waals surface area contributed by atoms with E-state index in [0.717, 1.165) is 0 Å². The van der Waals surface area contributed by atoms with Gasteiger partial charge < -0.3 is 20.1 Å². The minimum Gasteiger partial charge on any atom is -0.467 e. The van der Waals surface area contributed by atoms with Crippen molar-refractivity contribution in [2.24, 2.45) is 5.92 Å². The molecule has 0 aliphatic heterocycles. The van der Waals surface area contributed by atoms with Gasteiger partial charge in [0.25, 0.3) is 5.91 Å². The zero-order chi connectivity index (χ0) is 18.1. The molecule has 0 fully saturated rings. The molecule has 0 bridgehead atoms. The van der Waals surface area contributed by atoms with Crippen molar-refractivity contribution in [3.8, 4) is 0 Å². The molecule has 132 valence electrons. The molecule has 0 aliphatic rings. The average Bonchev–Trinajstić information content (AvgIpc) is 2.62. The standard InChI is InChI=1S/C17H24N2O5/c1-5-11(2)15(17(22)23-4)19-14(20)10-24-16(21)12-8-6-7-9-13(12)18-3/h6-9,11,15,18H,5,10H2,1-4H3,(H,19,20)/t11-,15-/m1/s1. The molecule has 1 aromatic carbocycles. The molecule has 1 aromatic rings. The molecule has 0 radical (unpaired) electrons. The van der Waals surface area contributed by atoms with E-state index in [1.54, 1.807) is 31.3 Å². The molecule has 0 spiro atoms. The summed E-state index contributed by atoms with van der Waals surface area (Å²) >= 11 is 0. The summed E-state index contributed by atoms with van der Waals surface area (Å²) in [5.41, 5.74) is 0.939. The lowest BCUT2D eigenvalue weighted by molar-refractivity contribution is -0.147. The first-order valence-electron chi connectivity index (χ1n) is 7.75. The van der Waals surface area contributed by atoms with Gasteiger partial charge in [-0.25, -0.2) is 9.59 Å². The van der Waals surface area contributed by atoms with Gasteiger partial charge in [-0.15, -0.1) is 0 Å². The second-order valence-electron chi connectivity index (χ2n) is 5.33. The third-order valence-corrected chi connectivity index (χ3v) is 3.74. The zero-order valence-corrected chi connectivity index (χ0v) is 14.4. The van der Waals surface area contributed by atoms with Crippen LogP contribution in [0.15, 0.2) is 24.3 Å². The summed E-state index contributed by atoms with van der Waals surface area (Å²) in [6, 6.07) is 6.04. The lowest BCUT2D eigenvalue weighted by Crippen LogP contribution is -2.47. The van der Waals surface area contributed by atoms with Crippen LogP contribution in [0.1, 0.15) is 30.6 Å². The van der Waals surface area contributed by atoms with Crippen LogP contribution in [0, 0.1) is 5.92 Å². The monoisotopic (exact) mass is 336 g/mol. The molecule has 24 heavy (non-hydrogen) atoms. The Balaban J connectivity index is 2.64. The van der Waals surface area contributed by atoms with Crippen LogP contribution >= 0.6 is 0 Å². The topological polar surface area (TPSA) is 93.7 Å². The van der Waals surface area contributed by atoms with E-state index < -0.39 is 30.5 Å². The second kappa shape index (κ2) is 9.54. The maximum absolute atomic E-state index is 12.1. The first-order chi connectivity index (χ1) is 11.4. The minimum atomic E-state index is -0.768. The van der Waals surface area contributed by atoms with E-state index in [1.807, 2.05) is 13.8 Å². The van der Waals surface area contributed by atoms with Crippen molar-refractivity contribution in [2.75, 3.05) is 26.1 Å². The van der Waals surface area contributed by atoms with Crippen molar-refractivity contribution in [2.45, 2.75) is 26.3 Å². The number of benzene rings is 1. The smallest absolute Gasteiger partial charge is 0.340 e. The third kappa shape index (κ3) is 5.26. The highest BCUT2D eigenvalue weighted by molar-refractivity contribution is 5.97. The molecule has 1 rings (SSSR count). The van der Waals surface area contributed by atoms with Gasteiger partial charge in [0.2, 0.25) is 0 Å². The fourth-order valence-corrected chi connectivity index (χ4v) is 2.10. The molecule has 0 heterocycles.